The van der Waals surface area contributed by atoms with Gasteiger partial charge in [0.15, 0.2) is 5.78 Å². The van der Waals surface area contributed by atoms with Gasteiger partial charge in [-0.3, -0.25) is 4.79 Å². The lowest BCUT2D eigenvalue weighted by Gasteiger charge is -2.23. The number of hydrogen-bond donors (Lipinski definition) is 1. The molecule has 0 amide bonds. The Balaban J connectivity index is 1.68. The zero-order valence-electron chi connectivity index (χ0n) is 13.8. The topological polar surface area (TPSA) is 29.1 Å². The monoisotopic (exact) mass is 347 g/mol. The number of piperidine rings is 1. The standard InChI is InChI=1S/C20H20F3NO/c21-20(22,23)18-5-1-3-16(12-18)19(25)11-14-6-8-15(9-7-14)17-4-2-10-24-13-17/h1,3,5-9,12,17,24H,2,4,10-11,13H2/t17-/m0/s1. The Morgan fingerprint density at radius 3 is 2.52 bits per heavy atom. The highest BCUT2D eigenvalue weighted by molar-refractivity contribution is 5.97. The summed E-state index contributed by atoms with van der Waals surface area (Å²) in [7, 11) is 0. The van der Waals surface area contributed by atoms with Crippen LogP contribution in [-0.4, -0.2) is 18.9 Å². The lowest BCUT2D eigenvalue weighted by molar-refractivity contribution is -0.137. The summed E-state index contributed by atoms with van der Waals surface area (Å²) in [5.41, 5.74) is 1.35. The zero-order valence-corrected chi connectivity index (χ0v) is 13.8. The van der Waals surface area contributed by atoms with E-state index in [1.807, 2.05) is 24.3 Å². The van der Waals surface area contributed by atoms with Crippen LogP contribution in [0.5, 0.6) is 0 Å². The molecule has 25 heavy (non-hydrogen) atoms. The van der Waals surface area contributed by atoms with Crippen LogP contribution >= 0.6 is 0 Å². The molecular weight excluding hydrogens is 327 g/mol. The molecule has 1 saturated heterocycles. The molecule has 132 valence electrons. The minimum absolute atomic E-state index is 0.0929. The SMILES string of the molecule is O=C(Cc1ccc([C@H]2CCCNC2)cc1)c1cccc(C(F)(F)F)c1. The number of nitrogens with one attached hydrogen (secondary N) is 1. The van der Waals surface area contributed by atoms with Crippen LogP contribution in [0.15, 0.2) is 48.5 Å². The lowest BCUT2D eigenvalue weighted by Crippen LogP contribution is -2.28. The number of rotatable bonds is 4. The minimum atomic E-state index is -4.44. The maximum absolute atomic E-state index is 12.8. The predicted molar refractivity (Wildman–Crippen MR) is 90.8 cm³/mol. The smallest absolute Gasteiger partial charge is 0.316 e. The van der Waals surface area contributed by atoms with E-state index in [1.165, 1.54) is 17.7 Å². The molecular formula is C20H20F3NO. The van der Waals surface area contributed by atoms with Gasteiger partial charge in [-0.2, -0.15) is 13.2 Å². The highest BCUT2D eigenvalue weighted by Crippen LogP contribution is 2.30. The summed E-state index contributed by atoms with van der Waals surface area (Å²) in [6.45, 7) is 2.02. The summed E-state index contributed by atoms with van der Waals surface area (Å²) in [5, 5.41) is 3.37. The second-order valence-corrected chi connectivity index (χ2v) is 6.46. The second-order valence-electron chi connectivity index (χ2n) is 6.46. The molecule has 1 N–H and O–H groups in total. The Bertz CT molecular complexity index is 731. The first kappa shape index (κ1) is 17.7. The summed E-state index contributed by atoms with van der Waals surface area (Å²) in [4.78, 5) is 12.3. The summed E-state index contributed by atoms with van der Waals surface area (Å²) < 4.78 is 38.3. The van der Waals surface area contributed by atoms with Crippen molar-refractivity contribution in [1.82, 2.24) is 5.32 Å². The van der Waals surface area contributed by atoms with Gasteiger partial charge in [-0.1, -0.05) is 36.4 Å². The molecule has 0 saturated carbocycles. The number of hydrogen-bond acceptors (Lipinski definition) is 2. The van der Waals surface area contributed by atoms with Crippen molar-refractivity contribution in [1.29, 1.82) is 0 Å². The Kier molecular flexibility index (Phi) is 5.23. The van der Waals surface area contributed by atoms with Crippen molar-refractivity contribution in [3.05, 3.63) is 70.8 Å². The molecule has 0 spiro atoms. The Morgan fingerprint density at radius 1 is 1.12 bits per heavy atom. The van der Waals surface area contributed by atoms with Gasteiger partial charge in [-0.15, -0.1) is 0 Å². The summed E-state index contributed by atoms with van der Waals surface area (Å²) >= 11 is 0. The number of halogens is 3. The molecule has 2 nitrogen and oxygen atoms in total. The first-order valence-corrected chi connectivity index (χ1v) is 8.43. The average molecular weight is 347 g/mol. The van der Waals surface area contributed by atoms with Crippen LogP contribution in [0.25, 0.3) is 0 Å². The van der Waals surface area contributed by atoms with E-state index in [9.17, 15) is 18.0 Å². The molecule has 1 atom stereocenters. The molecule has 1 aliphatic rings. The van der Waals surface area contributed by atoms with Crippen molar-refractivity contribution in [2.75, 3.05) is 13.1 Å². The predicted octanol–water partition coefficient (Wildman–Crippen LogP) is 4.60. The normalized spacial score (nSPS) is 18.1. The molecule has 0 bridgehead atoms. The highest BCUT2D eigenvalue weighted by atomic mass is 19.4. The van der Waals surface area contributed by atoms with E-state index in [0.29, 0.717) is 5.92 Å². The molecule has 1 fully saturated rings. The molecule has 5 heteroatoms. The second kappa shape index (κ2) is 7.40. The molecule has 0 radical (unpaired) electrons. The van der Waals surface area contributed by atoms with Crippen LogP contribution in [0, 0.1) is 0 Å². The van der Waals surface area contributed by atoms with Gasteiger partial charge in [0, 0.05) is 18.5 Å². The summed E-state index contributed by atoms with van der Waals surface area (Å²) in [6.07, 6.45) is -2.04. The van der Waals surface area contributed by atoms with Crippen molar-refractivity contribution in [2.24, 2.45) is 0 Å². The number of carbonyl (C=O) groups excluding carboxylic acids is 1. The van der Waals surface area contributed by atoms with Gasteiger partial charge in [0.25, 0.3) is 0 Å². The van der Waals surface area contributed by atoms with Gasteiger partial charge in [-0.25, -0.2) is 0 Å². The average Bonchev–Trinajstić information content (AvgIpc) is 2.62. The minimum Gasteiger partial charge on any atom is -0.316 e. The first-order valence-electron chi connectivity index (χ1n) is 8.43. The third kappa shape index (κ3) is 4.48. The third-order valence-corrected chi connectivity index (χ3v) is 4.62. The van der Waals surface area contributed by atoms with Gasteiger partial charge in [0.2, 0.25) is 0 Å². The van der Waals surface area contributed by atoms with Crippen LogP contribution in [0.4, 0.5) is 13.2 Å². The molecule has 2 aromatic carbocycles. The van der Waals surface area contributed by atoms with E-state index >= 15 is 0 Å². The summed E-state index contributed by atoms with van der Waals surface area (Å²) in [5.74, 6) is 0.181. The van der Waals surface area contributed by atoms with Crippen LogP contribution in [0.1, 0.15) is 45.8 Å². The zero-order chi connectivity index (χ0) is 17.9. The van der Waals surface area contributed by atoms with E-state index in [0.717, 1.165) is 43.6 Å². The fourth-order valence-corrected chi connectivity index (χ4v) is 3.20. The fourth-order valence-electron chi connectivity index (χ4n) is 3.20. The molecule has 2 aromatic rings. The van der Waals surface area contributed by atoms with Crippen molar-refractivity contribution >= 4 is 5.78 Å². The van der Waals surface area contributed by atoms with Gasteiger partial charge >= 0.3 is 6.18 Å². The highest BCUT2D eigenvalue weighted by Gasteiger charge is 2.30. The Hall–Kier alpha value is -2.14. The van der Waals surface area contributed by atoms with E-state index in [2.05, 4.69) is 5.32 Å². The molecule has 3 rings (SSSR count). The quantitative estimate of drug-likeness (QED) is 0.819. The van der Waals surface area contributed by atoms with Crippen molar-refractivity contribution in [3.63, 3.8) is 0 Å². The molecule has 0 aliphatic carbocycles. The molecule has 1 aliphatic heterocycles. The van der Waals surface area contributed by atoms with Crippen LogP contribution in [0.3, 0.4) is 0 Å². The van der Waals surface area contributed by atoms with E-state index in [1.54, 1.807) is 0 Å². The van der Waals surface area contributed by atoms with Gasteiger partial charge in [0.1, 0.15) is 0 Å². The molecule has 1 heterocycles. The van der Waals surface area contributed by atoms with Crippen molar-refractivity contribution in [2.45, 2.75) is 31.4 Å². The van der Waals surface area contributed by atoms with Crippen molar-refractivity contribution in [3.8, 4) is 0 Å². The van der Waals surface area contributed by atoms with Crippen LogP contribution < -0.4 is 5.32 Å². The van der Waals surface area contributed by atoms with E-state index in [4.69, 9.17) is 0 Å². The third-order valence-electron chi connectivity index (χ3n) is 4.62. The van der Waals surface area contributed by atoms with Gasteiger partial charge < -0.3 is 5.32 Å². The van der Waals surface area contributed by atoms with E-state index in [-0.39, 0.29) is 17.8 Å². The lowest BCUT2D eigenvalue weighted by atomic mass is 9.90. The van der Waals surface area contributed by atoms with Gasteiger partial charge in [-0.05, 0) is 48.6 Å². The van der Waals surface area contributed by atoms with Gasteiger partial charge in [0.05, 0.1) is 5.56 Å². The molecule has 0 unspecified atom stereocenters. The number of Topliss-reactive ketones (excluding diaryl/α,β-unsaturated/α-hetero) is 1. The first-order chi connectivity index (χ1) is 11.9. The largest absolute Gasteiger partial charge is 0.416 e. The number of carbonyl (C=O) groups is 1. The van der Waals surface area contributed by atoms with E-state index < -0.39 is 11.7 Å². The Labute approximate surface area is 145 Å². The van der Waals surface area contributed by atoms with Crippen LogP contribution in [0.2, 0.25) is 0 Å². The summed E-state index contributed by atoms with van der Waals surface area (Å²) in [6, 6.07) is 12.4. The fraction of sp³-hybridized carbons (Fsp3) is 0.350. The maximum atomic E-state index is 12.8. The molecule has 0 aromatic heterocycles. The number of ketones is 1. The number of benzene rings is 2. The Morgan fingerprint density at radius 2 is 1.88 bits per heavy atom. The van der Waals surface area contributed by atoms with Crippen molar-refractivity contribution < 1.29 is 18.0 Å². The van der Waals surface area contributed by atoms with Crippen LogP contribution in [-0.2, 0) is 12.6 Å². The number of alkyl halides is 3. The maximum Gasteiger partial charge on any atom is 0.416 e.